The van der Waals surface area contributed by atoms with Crippen LogP contribution in [0.5, 0.6) is 0 Å². The van der Waals surface area contributed by atoms with E-state index in [0.717, 1.165) is 24.8 Å². The van der Waals surface area contributed by atoms with Gasteiger partial charge in [-0.05, 0) is 30.2 Å². The summed E-state index contributed by atoms with van der Waals surface area (Å²) in [5.74, 6) is 0.708. The fourth-order valence-electron chi connectivity index (χ4n) is 4.63. The number of carbonyl (C=O) groups excluding carboxylic acids is 1. The summed E-state index contributed by atoms with van der Waals surface area (Å²) < 4.78 is 16.7. The van der Waals surface area contributed by atoms with Gasteiger partial charge in [-0.3, -0.25) is 4.90 Å². The summed E-state index contributed by atoms with van der Waals surface area (Å²) in [6, 6.07) is 8.83. The molecule has 0 aliphatic carbocycles. The maximum atomic E-state index is 12.7. The third kappa shape index (κ3) is 6.17. The number of amides is 1. The number of likely N-dealkylation sites (tertiary alicyclic amines) is 1. The summed E-state index contributed by atoms with van der Waals surface area (Å²) in [7, 11) is 0. The third-order valence-electron chi connectivity index (χ3n) is 5.99. The van der Waals surface area contributed by atoms with E-state index < -0.39 is 18.2 Å². The lowest BCUT2D eigenvalue weighted by Crippen LogP contribution is -2.42. The van der Waals surface area contributed by atoms with Crippen LogP contribution in [-0.2, 0) is 20.8 Å². The molecule has 7 heteroatoms. The molecule has 1 aromatic rings. The molecule has 0 radical (unpaired) electrons. The summed E-state index contributed by atoms with van der Waals surface area (Å²) in [4.78, 5) is 14.1. The number of ether oxygens (including phenoxy) is 3. The number of benzene rings is 1. The maximum Gasteiger partial charge on any atom is 0.410 e. The summed E-state index contributed by atoms with van der Waals surface area (Å²) in [5.41, 5.74) is 0.899. The predicted molar refractivity (Wildman–Crippen MR) is 112 cm³/mol. The van der Waals surface area contributed by atoms with Gasteiger partial charge in [0.25, 0.3) is 0 Å². The fourth-order valence-corrected chi connectivity index (χ4v) is 4.63. The van der Waals surface area contributed by atoms with Gasteiger partial charge in [0, 0.05) is 18.9 Å². The molecule has 2 aliphatic heterocycles. The zero-order chi connectivity index (χ0) is 21.5. The lowest BCUT2D eigenvalue weighted by atomic mass is 9.84. The Bertz CT molecular complexity index is 648. The minimum absolute atomic E-state index is 0.114. The summed E-state index contributed by atoms with van der Waals surface area (Å²) in [6.07, 6.45) is 1.06. The Hall–Kier alpha value is -1.67. The van der Waals surface area contributed by atoms with Crippen molar-refractivity contribution in [2.45, 2.75) is 58.2 Å². The largest absolute Gasteiger partial charge is 0.445 e. The van der Waals surface area contributed by atoms with E-state index in [0.29, 0.717) is 31.6 Å². The molecule has 2 N–H and O–H groups in total. The van der Waals surface area contributed by atoms with Gasteiger partial charge in [0.1, 0.15) is 6.61 Å². The third-order valence-corrected chi connectivity index (χ3v) is 5.99. The van der Waals surface area contributed by atoms with Crippen LogP contribution < -0.4 is 0 Å². The molecule has 3 rings (SSSR count). The molecule has 0 saturated carbocycles. The summed E-state index contributed by atoms with van der Waals surface area (Å²) in [5, 5.41) is 20.6. The standard InChI is InChI=1S/C23H35NO6/c1-16(2)10-18(12-21-28-8-9-29-21)11-19-13-24(20(14-25)22(19)26)23(27)30-15-17-6-4-3-5-7-17/h3-7,16,18-22,25-26H,8-15H2,1-2H3/t18-,19-,20+,22+/m0/s1. The maximum absolute atomic E-state index is 12.7. The Morgan fingerprint density at radius 3 is 2.53 bits per heavy atom. The highest BCUT2D eigenvalue weighted by molar-refractivity contribution is 5.68. The second kappa shape index (κ2) is 11.1. The molecule has 2 aliphatic rings. The van der Waals surface area contributed by atoms with Crippen LogP contribution >= 0.6 is 0 Å². The zero-order valence-electron chi connectivity index (χ0n) is 18.0. The second-order valence-electron chi connectivity index (χ2n) is 8.83. The van der Waals surface area contributed by atoms with Crippen LogP contribution in [0.3, 0.4) is 0 Å². The number of hydrogen-bond donors (Lipinski definition) is 2. The number of nitrogens with zero attached hydrogens (tertiary/aromatic N) is 1. The molecule has 0 unspecified atom stereocenters. The minimum Gasteiger partial charge on any atom is -0.445 e. The van der Waals surface area contributed by atoms with Crippen molar-refractivity contribution in [1.82, 2.24) is 4.90 Å². The van der Waals surface area contributed by atoms with Crippen molar-refractivity contribution >= 4 is 6.09 Å². The lowest BCUT2D eigenvalue weighted by molar-refractivity contribution is -0.0615. The topological polar surface area (TPSA) is 88.5 Å². The average molecular weight is 422 g/mol. The molecule has 7 nitrogen and oxygen atoms in total. The highest BCUT2D eigenvalue weighted by Gasteiger charge is 2.44. The fraction of sp³-hybridized carbons (Fsp3) is 0.696. The number of carbonyl (C=O) groups is 1. The molecule has 0 aromatic heterocycles. The molecule has 168 valence electrons. The van der Waals surface area contributed by atoms with Crippen molar-refractivity contribution in [3.8, 4) is 0 Å². The van der Waals surface area contributed by atoms with Crippen LogP contribution in [0, 0.1) is 17.8 Å². The Kier molecular flexibility index (Phi) is 8.50. The number of rotatable bonds is 9. The Balaban J connectivity index is 1.59. The van der Waals surface area contributed by atoms with Crippen molar-refractivity contribution in [2.24, 2.45) is 17.8 Å². The number of aliphatic hydroxyl groups is 2. The molecule has 2 fully saturated rings. The van der Waals surface area contributed by atoms with Gasteiger partial charge in [0.2, 0.25) is 0 Å². The second-order valence-corrected chi connectivity index (χ2v) is 8.83. The molecule has 4 atom stereocenters. The molecule has 0 bridgehead atoms. The van der Waals surface area contributed by atoms with E-state index >= 15 is 0 Å². The molecule has 2 heterocycles. The van der Waals surface area contributed by atoms with E-state index in [1.807, 2.05) is 30.3 Å². The first-order valence-electron chi connectivity index (χ1n) is 11.0. The van der Waals surface area contributed by atoms with E-state index in [1.54, 1.807) is 0 Å². The first kappa shape index (κ1) is 23.0. The van der Waals surface area contributed by atoms with Gasteiger partial charge in [0.15, 0.2) is 6.29 Å². The highest BCUT2D eigenvalue weighted by atomic mass is 16.7. The minimum atomic E-state index is -0.778. The van der Waals surface area contributed by atoms with Gasteiger partial charge < -0.3 is 24.4 Å². The van der Waals surface area contributed by atoms with Crippen LogP contribution in [-0.4, -0.2) is 66.0 Å². The average Bonchev–Trinajstić information content (AvgIpc) is 3.34. The van der Waals surface area contributed by atoms with Crippen LogP contribution in [0.2, 0.25) is 0 Å². The van der Waals surface area contributed by atoms with Crippen molar-refractivity contribution in [3.05, 3.63) is 35.9 Å². The van der Waals surface area contributed by atoms with Crippen LogP contribution in [0.25, 0.3) is 0 Å². The van der Waals surface area contributed by atoms with E-state index in [4.69, 9.17) is 14.2 Å². The van der Waals surface area contributed by atoms with Crippen LogP contribution in [0.1, 0.15) is 38.7 Å². The van der Waals surface area contributed by atoms with Crippen LogP contribution in [0.4, 0.5) is 4.79 Å². The normalized spacial score (nSPS) is 25.8. The van der Waals surface area contributed by atoms with Crippen molar-refractivity contribution < 1.29 is 29.2 Å². The van der Waals surface area contributed by atoms with Gasteiger partial charge >= 0.3 is 6.09 Å². The summed E-state index contributed by atoms with van der Waals surface area (Å²) >= 11 is 0. The Labute approximate surface area is 178 Å². The Morgan fingerprint density at radius 2 is 1.90 bits per heavy atom. The van der Waals surface area contributed by atoms with Gasteiger partial charge in [-0.2, -0.15) is 0 Å². The number of hydrogen-bond acceptors (Lipinski definition) is 6. The molecule has 0 spiro atoms. The Morgan fingerprint density at radius 1 is 1.20 bits per heavy atom. The first-order valence-corrected chi connectivity index (χ1v) is 11.0. The first-order chi connectivity index (χ1) is 14.5. The van der Waals surface area contributed by atoms with E-state index in [-0.39, 0.29) is 25.4 Å². The van der Waals surface area contributed by atoms with E-state index in [1.165, 1.54) is 4.90 Å². The lowest BCUT2D eigenvalue weighted by Gasteiger charge is -2.26. The van der Waals surface area contributed by atoms with Gasteiger partial charge in [-0.1, -0.05) is 44.2 Å². The van der Waals surface area contributed by atoms with Gasteiger partial charge in [-0.15, -0.1) is 0 Å². The molecule has 2 saturated heterocycles. The van der Waals surface area contributed by atoms with Crippen LogP contribution in [0.15, 0.2) is 30.3 Å². The van der Waals surface area contributed by atoms with Crippen molar-refractivity contribution in [1.29, 1.82) is 0 Å². The molecule has 1 amide bonds. The predicted octanol–water partition coefficient (Wildman–Crippen LogP) is 2.79. The van der Waals surface area contributed by atoms with Gasteiger partial charge in [0.05, 0.1) is 32.0 Å². The molecule has 30 heavy (non-hydrogen) atoms. The van der Waals surface area contributed by atoms with Gasteiger partial charge in [-0.25, -0.2) is 4.79 Å². The quantitative estimate of drug-likeness (QED) is 0.637. The molecular formula is C23H35NO6. The summed E-state index contributed by atoms with van der Waals surface area (Å²) in [6.45, 7) is 5.86. The molecular weight excluding hydrogens is 386 g/mol. The number of aliphatic hydroxyl groups excluding tert-OH is 2. The zero-order valence-corrected chi connectivity index (χ0v) is 18.0. The van der Waals surface area contributed by atoms with E-state index in [9.17, 15) is 15.0 Å². The monoisotopic (exact) mass is 421 g/mol. The van der Waals surface area contributed by atoms with E-state index in [2.05, 4.69) is 13.8 Å². The molecule has 1 aromatic carbocycles. The smallest absolute Gasteiger partial charge is 0.410 e. The van der Waals surface area contributed by atoms with Crippen molar-refractivity contribution in [3.63, 3.8) is 0 Å². The SMILES string of the molecule is CC(C)C[C@H](CC1OCCO1)C[C@H]1CN(C(=O)OCc2ccccc2)[C@H](CO)[C@@H]1O. The highest BCUT2D eigenvalue weighted by Crippen LogP contribution is 2.34. The van der Waals surface area contributed by atoms with Crippen molar-refractivity contribution in [2.75, 3.05) is 26.4 Å².